The first kappa shape index (κ1) is 19.7. The van der Waals surface area contributed by atoms with Crippen LogP contribution in [-0.4, -0.2) is 23.3 Å². The third kappa shape index (κ3) is 11.8. The third-order valence-corrected chi connectivity index (χ3v) is 3.93. The van der Waals surface area contributed by atoms with E-state index in [9.17, 15) is 4.79 Å². The predicted octanol–water partition coefficient (Wildman–Crippen LogP) is 5.43. The SMILES string of the molecule is CCCCCC=CCC=CC[C@H]1O[C@H]1CC=CCCCC(=O)O. The van der Waals surface area contributed by atoms with Gasteiger partial charge in [0.15, 0.2) is 0 Å². The molecule has 0 unspecified atom stereocenters. The highest BCUT2D eigenvalue weighted by molar-refractivity contribution is 5.66. The topological polar surface area (TPSA) is 49.8 Å². The maximum atomic E-state index is 10.4. The van der Waals surface area contributed by atoms with Crippen molar-refractivity contribution in [2.45, 2.75) is 83.3 Å². The van der Waals surface area contributed by atoms with Gasteiger partial charge in [-0.25, -0.2) is 0 Å². The zero-order valence-corrected chi connectivity index (χ0v) is 14.5. The molecule has 1 aliphatic heterocycles. The number of allylic oxidation sites excluding steroid dienone is 4. The van der Waals surface area contributed by atoms with Crippen molar-refractivity contribution in [2.75, 3.05) is 0 Å². The minimum Gasteiger partial charge on any atom is -0.481 e. The first-order valence-corrected chi connectivity index (χ1v) is 9.06. The summed E-state index contributed by atoms with van der Waals surface area (Å²) >= 11 is 0. The standard InChI is InChI=1S/C20H32O3/c1-2-3-4-5-6-7-8-9-12-15-18-19(23-18)16-13-10-11-14-17-20(21)22/h6-7,9-10,12-13,18-19H,2-5,8,11,14-17H2,1H3,(H,21,22)/t18-,19+/m1/s1. The van der Waals surface area contributed by atoms with E-state index in [4.69, 9.17) is 9.84 Å². The van der Waals surface area contributed by atoms with Gasteiger partial charge >= 0.3 is 5.97 Å². The Kier molecular flexibility index (Phi) is 11.2. The number of carboxylic acid groups (broad SMARTS) is 1. The maximum Gasteiger partial charge on any atom is 0.303 e. The Morgan fingerprint density at radius 1 is 0.913 bits per heavy atom. The van der Waals surface area contributed by atoms with Crippen LogP contribution in [0.25, 0.3) is 0 Å². The van der Waals surface area contributed by atoms with E-state index in [2.05, 4.69) is 43.4 Å². The van der Waals surface area contributed by atoms with Gasteiger partial charge in [0, 0.05) is 6.42 Å². The average molecular weight is 320 g/mol. The van der Waals surface area contributed by atoms with Crippen LogP contribution in [0.1, 0.15) is 71.1 Å². The van der Waals surface area contributed by atoms with Crippen LogP contribution in [0.3, 0.4) is 0 Å². The minimum absolute atomic E-state index is 0.255. The molecule has 0 spiro atoms. The van der Waals surface area contributed by atoms with Gasteiger partial charge in [-0.3, -0.25) is 4.79 Å². The predicted molar refractivity (Wildman–Crippen MR) is 95.6 cm³/mol. The van der Waals surface area contributed by atoms with Crippen molar-refractivity contribution in [3.63, 3.8) is 0 Å². The highest BCUT2D eigenvalue weighted by Crippen LogP contribution is 2.29. The van der Waals surface area contributed by atoms with E-state index in [-0.39, 0.29) is 6.42 Å². The molecule has 0 aromatic carbocycles. The number of hydrogen-bond acceptors (Lipinski definition) is 2. The fraction of sp³-hybridized carbons (Fsp3) is 0.650. The van der Waals surface area contributed by atoms with Crippen LogP contribution in [-0.2, 0) is 9.53 Å². The van der Waals surface area contributed by atoms with Crippen LogP contribution < -0.4 is 0 Å². The molecule has 0 aromatic rings. The van der Waals surface area contributed by atoms with Crippen LogP contribution >= 0.6 is 0 Å². The molecule has 1 aliphatic rings. The number of epoxide rings is 1. The van der Waals surface area contributed by atoms with Gasteiger partial charge in [0.25, 0.3) is 0 Å². The molecule has 130 valence electrons. The summed E-state index contributed by atoms with van der Waals surface area (Å²) in [4.78, 5) is 10.4. The third-order valence-electron chi connectivity index (χ3n) is 3.93. The van der Waals surface area contributed by atoms with Crippen molar-refractivity contribution >= 4 is 5.97 Å². The number of aliphatic carboxylic acids is 1. The zero-order valence-electron chi connectivity index (χ0n) is 14.5. The lowest BCUT2D eigenvalue weighted by molar-refractivity contribution is -0.137. The Morgan fingerprint density at radius 3 is 2.22 bits per heavy atom. The van der Waals surface area contributed by atoms with Crippen molar-refractivity contribution in [1.82, 2.24) is 0 Å². The summed E-state index contributed by atoms with van der Waals surface area (Å²) in [5.41, 5.74) is 0. The summed E-state index contributed by atoms with van der Waals surface area (Å²) < 4.78 is 5.62. The van der Waals surface area contributed by atoms with E-state index in [1.807, 2.05) is 0 Å². The van der Waals surface area contributed by atoms with Crippen molar-refractivity contribution in [3.8, 4) is 0 Å². The summed E-state index contributed by atoms with van der Waals surface area (Å²) in [5.74, 6) is -0.716. The quantitative estimate of drug-likeness (QED) is 0.264. The highest BCUT2D eigenvalue weighted by Gasteiger charge is 2.35. The first-order valence-electron chi connectivity index (χ1n) is 9.06. The number of hydrogen-bond donors (Lipinski definition) is 1. The van der Waals surface area contributed by atoms with E-state index < -0.39 is 5.97 Å². The molecular weight excluding hydrogens is 288 g/mol. The molecule has 23 heavy (non-hydrogen) atoms. The van der Waals surface area contributed by atoms with Crippen molar-refractivity contribution < 1.29 is 14.6 Å². The number of ether oxygens (including phenoxy) is 1. The second-order valence-electron chi connectivity index (χ2n) is 6.12. The maximum absolute atomic E-state index is 10.4. The van der Waals surface area contributed by atoms with Crippen LogP contribution in [0.2, 0.25) is 0 Å². The Morgan fingerprint density at radius 2 is 1.52 bits per heavy atom. The molecule has 2 atom stereocenters. The van der Waals surface area contributed by atoms with Crippen molar-refractivity contribution in [2.24, 2.45) is 0 Å². The van der Waals surface area contributed by atoms with E-state index in [1.54, 1.807) is 0 Å². The normalized spacial score (nSPS) is 20.9. The van der Waals surface area contributed by atoms with Crippen molar-refractivity contribution in [3.05, 3.63) is 36.5 Å². The monoisotopic (exact) mass is 320 g/mol. The van der Waals surface area contributed by atoms with Crippen molar-refractivity contribution in [1.29, 1.82) is 0 Å². The molecule has 1 heterocycles. The molecule has 0 bridgehead atoms. The molecule has 0 aliphatic carbocycles. The van der Waals surface area contributed by atoms with Crippen LogP contribution in [0, 0.1) is 0 Å². The van der Waals surface area contributed by atoms with Crippen LogP contribution in [0.4, 0.5) is 0 Å². The molecule has 0 saturated carbocycles. The molecule has 1 saturated heterocycles. The van der Waals surface area contributed by atoms with Crippen LogP contribution in [0.5, 0.6) is 0 Å². The lowest BCUT2D eigenvalue weighted by Gasteiger charge is -1.91. The van der Waals surface area contributed by atoms with Crippen LogP contribution in [0.15, 0.2) is 36.5 Å². The summed E-state index contributed by atoms with van der Waals surface area (Å²) in [7, 11) is 0. The zero-order chi connectivity index (χ0) is 16.8. The number of rotatable bonds is 14. The highest BCUT2D eigenvalue weighted by atomic mass is 16.6. The first-order chi connectivity index (χ1) is 11.2. The smallest absolute Gasteiger partial charge is 0.303 e. The Labute approximate surface area is 141 Å². The minimum atomic E-state index is -0.716. The van der Waals surface area contributed by atoms with Gasteiger partial charge in [-0.15, -0.1) is 0 Å². The molecule has 0 amide bonds. The Bertz CT molecular complexity index is 396. The van der Waals surface area contributed by atoms with Gasteiger partial charge < -0.3 is 9.84 Å². The lowest BCUT2D eigenvalue weighted by Crippen LogP contribution is -1.93. The fourth-order valence-electron chi connectivity index (χ4n) is 2.44. The molecule has 3 nitrogen and oxygen atoms in total. The molecular formula is C20H32O3. The Hall–Kier alpha value is -1.35. The summed E-state index contributed by atoms with van der Waals surface area (Å²) in [6.45, 7) is 2.23. The van der Waals surface area contributed by atoms with Gasteiger partial charge in [-0.1, -0.05) is 56.2 Å². The summed E-state index contributed by atoms with van der Waals surface area (Å²) in [6.07, 6.45) is 23.8. The van der Waals surface area contributed by atoms with Gasteiger partial charge in [-0.2, -0.15) is 0 Å². The lowest BCUT2D eigenvalue weighted by atomic mass is 10.1. The number of carboxylic acids is 1. The van der Waals surface area contributed by atoms with Gasteiger partial charge in [0.2, 0.25) is 0 Å². The van der Waals surface area contributed by atoms with Gasteiger partial charge in [-0.05, 0) is 44.9 Å². The Balaban J connectivity index is 1.93. The average Bonchev–Trinajstić information content (AvgIpc) is 3.27. The second kappa shape index (κ2) is 13.1. The number of unbranched alkanes of at least 4 members (excludes halogenated alkanes) is 4. The summed E-state index contributed by atoms with van der Waals surface area (Å²) in [6, 6.07) is 0. The molecule has 1 N–H and O–H groups in total. The molecule has 3 heteroatoms. The molecule has 1 rings (SSSR count). The molecule has 0 aromatic heterocycles. The fourth-order valence-corrected chi connectivity index (χ4v) is 2.44. The van der Waals surface area contributed by atoms with Gasteiger partial charge in [0.05, 0.1) is 12.2 Å². The van der Waals surface area contributed by atoms with E-state index in [1.165, 1.54) is 25.7 Å². The van der Waals surface area contributed by atoms with E-state index >= 15 is 0 Å². The molecule has 0 radical (unpaired) electrons. The molecule has 1 fully saturated rings. The largest absolute Gasteiger partial charge is 0.481 e. The summed E-state index contributed by atoms with van der Waals surface area (Å²) in [5, 5.41) is 8.53. The second-order valence-corrected chi connectivity index (χ2v) is 6.12. The van der Waals surface area contributed by atoms with E-state index in [0.29, 0.717) is 12.2 Å². The number of carbonyl (C=O) groups is 1. The van der Waals surface area contributed by atoms with Gasteiger partial charge in [0.1, 0.15) is 0 Å². The van der Waals surface area contributed by atoms with E-state index in [0.717, 1.165) is 32.1 Å².